The number of aromatic nitrogens is 1. The third kappa shape index (κ3) is 1.17. The molecule has 0 aromatic carbocycles. The average Bonchev–Trinajstić information content (AvgIpc) is 1.94. The molecule has 10 heavy (non-hydrogen) atoms. The van der Waals surface area contributed by atoms with E-state index in [0.717, 1.165) is 6.07 Å². The Labute approximate surface area is 61.9 Å². The number of aromatic amines is 1. The molecule has 0 spiro atoms. The normalized spacial score (nSPS) is 8.80. The van der Waals surface area contributed by atoms with E-state index in [1.165, 1.54) is 6.20 Å². The van der Waals surface area contributed by atoms with Crippen molar-refractivity contribution in [2.75, 3.05) is 0 Å². The summed E-state index contributed by atoms with van der Waals surface area (Å²) in [6.45, 7) is 0. The number of H-pyrrole nitrogens is 1. The van der Waals surface area contributed by atoms with Crippen LogP contribution in [0.3, 0.4) is 0 Å². The van der Waals surface area contributed by atoms with Crippen molar-refractivity contribution in [3.8, 4) is 6.07 Å². The number of nitriles is 1. The summed E-state index contributed by atoms with van der Waals surface area (Å²) in [5.74, 6) is 0. The summed E-state index contributed by atoms with van der Waals surface area (Å²) in [5.41, 5.74) is -0.119. The van der Waals surface area contributed by atoms with Gasteiger partial charge in [-0.2, -0.15) is 5.26 Å². The molecule has 0 radical (unpaired) electrons. The van der Waals surface area contributed by atoms with Crippen LogP contribution in [0.1, 0.15) is 5.56 Å². The molecular weight excluding hydrogens is 152 g/mol. The van der Waals surface area contributed by atoms with Gasteiger partial charge in [0.15, 0.2) is 0 Å². The zero-order valence-corrected chi connectivity index (χ0v) is 5.64. The van der Waals surface area contributed by atoms with Gasteiger partial charge in [0.05, 0.1) is 10.6 Å². The maximum Gasteiger partial charge on any atom is 0.249 e. The van der Waals surface area contributed by atoms with Crippen molar-refractivity contribution in [1.29, 1.82) is 5.26 Å². The SMILES string of the molecule is N#Cc1cc(=O)[nH]cc1Cl. The van der Waals surface area contributed by atoms with Crippen molar-refractivity contribution in [3.05, 3.63) is 33.2 Å². The van der Waals surface area contributed by atoms with Crippen LogP contribution in [0.5, 0.6) is 0 Å². The van der Waals surface area contributed by atoms with Crippen molar-refractivity contribution in [1.82, 2.24) is 4.98 Å². The van der Waals surface area contributed by atoms with Crippen LogP contribution in [0.25, 0.3) is 0 Å². The third-order valence-electron chi connectivity index (χ3n) is 0.994. The molecule has 0 aliphatic heterocycles. The Hall–Kier alpha value is -1.27. The Morgan fingerprint density at radius 3 is 2.90 bits per heavy atom. The summed E-state index contributed by atoms with van der Waals surface area (Å²) < 4.78 is 0. The van der Waals surface area contributed by atoms with Crippen molar-refractivity contribution in [2.24, 2.45) is 0 Å². The predicted molar refractivity (Wildman–Crippen MR) is 36.8 cm³/mol. The quantitative estimate of drug-likeness (QED) is 0.604. The molecule has 1 rings (SSSR count). The van der Waals surface area contributed by atoms with Gasteiger partial charge in [-0.15, -0.1) is 0 Å². The summed E-state index contributed by atoms with van der Waals surface area (Å²) in [5, 5.41) is 8.62. The lowest BCUT2D eigenvalue weighted by atomic mass is 10.3. The van der Waals surface area contributed by atoms with Gasteiger partial charge in [-0.3, -0.25) is 4.79 Å². The average molecular weight is 155 g/mol. The molecule has 0 fully saturated rings. The molecule has 1 N–H and O–H groups in total. The number of nitrogens with one attached hydrogen (secondary N) is 1. The van der Waals surface area contributed by atoms with Crippen LogP contribution in [0.2, 0.25) is 5.02 Å². The summed E-state index contributed by atoms with van der Waals surface area (Å²) >= 11 is 5.50. The van der Waals surface area contributed by atoms with E-state index >= 15 is 0 Å². The molecule has 0 atom stereocenters. The Morgan fingerprint density at radius 1 is 1.70 bits per heavy atom. The zero-order valence-electron chi connectivity index (χ0n) is 4.89. The van der Waals surface area contributed by atoms with Gasteiger partial charge in [0.25, 0.3) is 0 Å². The van der Waals surface area contributed by atoms with Gasteiger partial charge < -0.3 is 4.98 Å². The highest BCUT2D eigenvalue weighted by atomic mass is 35.5. The molecule has 0 amide bonds. The Morgan fingerprint density at radius 2 is 2.40 bits per heavy atom. The topological polar surface area (TPSA) is 56.6 Å². The van der Waals surface area contributed by atoms with E-state index in [2.05, 4.69) is 4.98 Å². The van der Waals surface area contributed by atoms with Crippen LogP contribution in [-0.2, 0) is 0 Å². The van der Waals surface area contributed by atoms with Crippen molar-refractivity contribution < 1.29 is 0 Å². The van der Waals surface area contributed by atoms with Crippen LogP contribution >= 0.6 is 11.6 Å². The molecule has 4 heteroatoms. The van der Waals surface area contributed by atoms with E-state index in [1.807, 2.05) is 0 Å². The highest BCUT2D eigenvalue weighted by molar-refractivity contribution is 6.31. The first-order chi connectivity index (χ1) is 4.74. The largest absolute Gasteiger partial charge is 0.328 e. The highest BCUT2D eigenvalue weighted by Gasteiger charge is 1.96. The monoisotopic (exact) mass is 154 g/mol. The van der Waals surface area contributed by atoms with Gasteiger partial charge in [-0.05, 0) is 0 Å². The zero-order chi connectivity index (χ0) is 7.56. The minimum Gasteiger partial charge on any atom is -0.328 e. The minimum atomic E-state index is -0.319. The number of hydrogen-bond acceptors (Lipinski definition) is 2. The van der Waals surface area contributed by atoms with Gasteiger partial charge in [-0.25, -0.2) is 0 Å². The minimum absolute atomic E-state index is 0.199. The van der Waals surface area contributed by atoms with E-state index in [-0.39, 0.29) is 16.1 Å². The molecule has 0 saturated carbocycles. The molecule has 3 nitrogen and oxygen atoms in total. The molecule has 0 aliphatic carbocycles. The molecule has 0 unspecified atom stereocenters. The first-order valence-corrected chi connectivity index (χ1v) is 2.90. The first-order valence-electron chi connectivity index (χ1n) is 2.52. The molecule has 1 aromatic rings. The second-order valence-electron chi connectivity index (χ2n) is 1.67. The standard InChI is InChI=1S/C6H3ClN2O/c7-5-3-9-6(10)1-4(5)2-8/h1,3H,(H,9,10). The maximum absolute atomic E-state index is 10.5. The predicted octanol–water partition coefficient (Wildman–Crippen LogP) is 0.900. The molecular formula is C6H3ClN2O. The fourth-order valence-corrected chi connectivity index (χ4v) is 0.691. The summed E-state index contributed by atoms with van der Waals surface area (Å²) in [6, 6.07) is 2.94. The molecule has 0 aliphatic rings. The third-order valence-corrected chi connectivity index (χ3v) is 1.31. The van der Waals surface area contributed by atoms with Gasteiger partial charge in [0, 0.05) is 12.3 Å². The number of pyridine rings is 1. The fourth-order valence-electron chi connectivity index (χ4n) is 0.540. The highest BCUT2D eigenvalue weighted by Crippen LogP contribution is 2.08. The second kappa shape index (κ2) is 2.54. The van der Waals surface area contributed by atoms with Crippen molar-refractivity contribution >= 4 is 11.6 Å². The number of halogens is 1. The molecule has 50 valence electrons. The Balaban J connectivity index is 3.40. The van der Waals surface area contributed by atoms with Gasteiger partial charge in [-0.1, -0.05) is 11.6 Å². The van der Waals surface area contributed by atoms with Gasteiger partial charge >= 0.3 is 0 Å². The molecule has 0 saturated heterocycles. The van der Waals surface area contributed by atoms with Crippen molar-refractivity contribution in [2.45, 2.75) is 0 Å². The first kappa shape index (κ1) is 6.84. The summed E-state index contributed by atoms with van der Waals surface area (Å²) in [4.78, 5) is 12.9. The van der Waals surface area contributed by atoms with Crippen LogP contribution in [0.15, 0.2) is 17.1 Å². The van der Waals surface area contributed by atoms with Crippen LogP contribution < -0.4 is 5.56 Å². The van der Waals surface area contributed by atoms with E-state index < -0.39 is 0 Å². The Kier molecular flexibility index (Phi) is 1.74. The van der Waals surface area contributed by atoms with Crippen LogP contribution in [0, 0.1) is 11.3 Å². The smallest absolute Gasteiger partial charge is 0.249 e. The van der Waals surface area contributed by atoms with Gasteiger partial charge in [0.1, 0.15) is 6.07 Å². The maximum atomic E-state index is 10.5. The number of rotatable bonds is 0. The number of nitrogens with zero attached hydrogens (tertiary/aromatic N) is 1. The van der Waals surface area contributed by atoms with E-state index in [9.17, 15) is 4.79 Å². The summed E-state index contributed by atoms with van der Waals surface area (Å²) in [7, 11) is 0. The van der Waals surface area contributed by atoms with E-state index in [4.69, 9.17) is 16.9 Å². The van der Waals surface area contributed by atoms with E-state index in [1.54, 1.807) is 6.07 Å². The summed E-state index contributed by atoms with van der Waals surface area (Å²) in [6.07, 6.45) is 1.29. The Bertz CT molecular complexity index is 336. The van der Waals surface area contributed by atoms with Crippen molar-refractivity contribution in [3.63, 3.8) is 0 Å². The van der Waals surface area contributed by atoms with Gasteiger partial charge in [0.2, 0.25) is 5.56 Å². The van der Waals surface area contributed by atoms with Crippen LogP contribution in [0.4, 0.5) is 0 Å². The number of hydrogen-bond donors (Lipinski definition) is 1. The second-order valence-corrected chi connectivity index (χ2v) is 2.08. The molecule has 1 heterocycles. The van der Waals surface area contributed by atoms with Crippen LogP contribution in [-0.4, -0.2) is 4.98 Å². The lowest BCUT2D eigenvalue weighted by Crippen LogP contribution is -2.03. The molecule has 1 aromatic heterocycles. The fraction of sp³-hybridized carbons (Fsp3) is 0. The lowest BCUT2D eigenvalue weighted by molar-refractivity contribution is 1.23. The van der Waals surface area contributed by atoms with E-state index in [0.29, 0.717) is 0 Å². The molecule has 0 bridgehead atoms. The lowest BCUT2D eigenvalue weighted by Gasteiger charge is -1.88.